The van der Waals surface area contributed by atoms with Crippen LogP contribution in [0.25, 0.3) is 33.6 Å². The first-order valence-electron chi connectivity index (χ1n) is 22.8. The molecule has 0 radical (unpaired) electrons. The third kappa shape index (κ3) is 8.83. The smallest absolute Gasteiger partial charge is 0.416 e. The molecule has 0 aliphatic carbocycles. The fourth-order valence-electron chi connectivity index (χ4n) is 9.33. The van der Waals surface area contributed by atoms with Gasteiger partial charge in [-0.1, -0.05) is 67.6 Å². The number of imidazole rings is 2. The number of H-pyrrole nitrogens is 2. The molecule has 5 N–H and O–H groups in total. The minimum absolute atomic E-state index is 0.170. The molecule has 0 spiro atoms. The molecule has 3 aliphatic heterocycles. The summed E-state index contributed by atoms with van der Waals surface area (Å²) in [5, 5.41) is 4.41. The van der Waals surface area contributed by atoms with Gasteiger partial charge in [-0.15, -0.1) is 0 Å². The van der Waals surface area contributed by atoms with Crippen LogP contribution in [-0.4, -0.2) is 105 Å². The van der Waals surface area contributed by atoms with Crippen LogP contribution in [0.1, 0.15) is 91.2 Å². The molecule has 6 aromatic rings. The largest absolute Gasteiger partial charge is 0.488 e. The Morgan fingerprint density at radius 2 is 1.40 bits per heavy atom. The summed E-state index contributed by atoms with van der Waals surface area (Å²) in [6.07, 6.45) is 5.86. The van der Waals surface area contributed by atoms with Gasteiger partial charge in [-0.3, -0.25) is 14.5 Å². The number of hydrogen-bond donors (Lipinski definition) is 4. The standard InChI is InChI=1S/C51H56N10O6/c1-7-20-60(48(62)44(56-50(64)58(3)4)31-15-10-8-11-16-31)30(2)46-52-26-37(54-46)33-22-35-28-67-41-25-34(23-36-29-66-40(24-33)42(35)43(36)41)38-27-53-47(55-38)39-19-14-21-61(39)49(63)45(57-51(65)59(5)6)32-17-12-9-13-18-32/h8-13,15-18,22-27,30,39,44-45H,7,14,19-21,28-29H2,1-6H3,(H,52,54)(H,53,55)(H,56,64)(H,57,65)/p+1/t30-,39-,44+,45+/m0/s1. The first-order chi connectivity index (χ1) is 32.4. The van der Waals surface area contributed by atoms with Crippen molar-refractivity contribution in [3.63, 3.8) is 0 Å². The molecule has 0 unspecified atom stereocenters. The van der Waals surface area contributed by atoms with Crippen LogP contribution in [0, 0.1) is 0 Å². The molecule has 3 aliphatic rings. The average Bonchev–Trinajstić information content (AvgIpc) is 4.15. The van der Waals surface area contributed by atoms with Gasteiger partial charge in [0, 0.05) is 80.2 Å². The number of carbonyl (C=O) groups is 4. The van der Waals surface area contributed by atoms with Crippen LogP contribution in [0.5, 0.6) is 11.5 Å². The number of ether oxygens (including phenoxy) is 2. The lowest BCUT2D eigenvalue weighted by molar-refractivity contribution is -0.594. The molecule has 0 bridgehead atoms. The predicted octanol–water partition coefficient (Wildman–Crippen LogP) is 6.88. The van der Waals surface area contributed by atoms with Gasteiger partial charge < -0.3 is 39.5 Å². The van der Waals surface area contributed by atoms with Gasteiger partial charge in [0.1, 0.15) is 42.4 Å². The van der Waals surface area contributed by atoms with Crippen molar-refractivity contribution in [2.75, 3.05) is 41.3 Å². The topological polar surface area (TPSA) is 186 Å². The number of aromatic amines is 2. The van der Waals surface area contributed by atoms with E-state index in [1.165, 1.54) is 15.1 Å². The number of quaternary nitrogens is 1. The van der Waals surface area contributed by atoms with Crippen LogP contribution in [0.2, 0.25) is 0 Å². The van der Waals surface area contributed by atoms with Crippen LogP contribution in [0.4, 0.5) is 9.59 Å². The Kier molecular flexibility index (Phi) is 12.5. The summed E-state index contributed by atoms with van der Waals surface area (Å²) in [5.41, 5.74) is 8.79. The van der Waals surface area contributed by atoms with E-state index in [9.17, 15) is 19.2 Å². The highest BCUT2D eigenvalue weighted by molar-refractivity contribution is 5.90. The SMILES string of the molecule is CCCN(C(=O)[C@H]([NH2+]C(=O)N(C)C)c1ccccc1)[C@@H](C)c1ncc(-c2cc3c4c(c2)OCc2cc(-c5cnc([C@@H]6CCCN6C(=O)[C@H](NC(=O)N(C)C)c6ccccc6)[nH]5)cc(c2-4)OC3)[nH]1. The molecular weight excluding hydrogens is 849 g/mol. The quantitative estimate of drug-likeness (QED) is 0.0967. The third-order valence-corrected chi connectivity index (χ3v) is 12.9. The van der Waals surface area contributed by atoms with Crippen LogP contribution in [-0.2, 0) is 22.8 Å². The van der Waals surface area contributed by atoms with Crippen LogP contribution < -0.4 is 20.1 Å². The average molecular weight is 906 g/mol. The van der Waals surface area contributed by atoms with Gasteiger partial charge in [0.05, 0.1) is 35.9 Å². The number of benzene rings is 4. The zero-order valence-electron chi connectivity index (χ0n) is 38.7. The summed E-state index contributed by atoms with van der Waals surface area (Å²) in [7, 11) is 6.66. The van der Waals surface area contributed by atoms with Gasteiger partial charge in [0.25, 0.3) is 5.91 Å². The maximum Gasteiger partial charge on any atom is 0.416 e. The zero-order chi connectivity index (χ0) is 46.9. The maximum absolute atomic E-state index is 14.4. The third-order valence-electron chi connectivity index (χ3n) is 12.9. The summed E-state index contributed by atoms with van der Waals surface area (Å²) in [4.78, 5) is 77.4. The number of nitrogens with zero attached hydrogens (tertiary/aromatic N) is 6. The van der Waals surface area contributed by atoms with Crippen molar-refractivity contribution >= 4 is 23.9 Å². The van der Waals surface area contributed by atoms with Crippen molar-refractivity contribution in [1.82, 2.24) is 44.9 Å². The number of amides is 6. The molecule has 9 rings (SSSR count). The number of hydrogen-bond acceptors (Lipinski definition) is 8. The molecule has 4 aromatic carbocycles. The van der Waals surface area contributed by atoms with E-state index in [0.29, 0.717) is 43.5 Å². The lowest BCUT2D eigenvalue weighted by Crippen LogP contribution is -2.93. The molecule has 1 fully saturated rings. The van der Waals surface area contributed by atoms with Crippen molar-refractivity contribution in [2.45, 2.75) is 70.5 Å². The number of rotatable bonds is 13. The summed E-state index contributed by atoms with van der Waals surface area (Å²) in [6, 6.07) is 24.1. The Morgan fingerprint density at radius 3 is 2.00 bits per heavy atom. The van der Waals surface area contributed by atoms with Crippen LogP contribution >= 0.6 is 0 Å². The minimum Gasteiger partial charge on any atom is -0.488 e. The molecule has 16 nitrogen and oxygen atoms in total. The molecule has 5 heterocycles. The maximum atomic E-state index is 14.4. The number of likely N-dealkylation sites (tertiary alicyclic amines) is 1. The Balaban J connectivity index is 0.942. The van der Waals surface area contributed by atoms with Crippen molar-refractivity contribution in [2.24, 2.45) is 0 Å². The number of carbonyl (C=O) groups excluding carboxylic acids is 4. The number of primary amides is 1. The number of urea groups is 2. The second kappa shape index (κ2) is 18.8. The van der Waals surface area contributed by atoms with Gasteiger partial charge in [0.15, 0.2) is 6.04 Å². The summed E-state index contributed by atoms with van der Waals surface area (Å²) in [6.45, 7) is 5.68. The van der Waals surface area contributed by atoms with E-state index in [4.69, 9.17) is 19.4 Å². The fraction of sp³-hybridized carbons (Fsp3) is 0.333. The zero-order valence-corrected chi connectivity index (χ0v) is 38.7. The van der Waals surface area contributed by atoms with Gasteiger partial charge in [-0.25, -0.2) is 24.9 Å². The van der Waals surface area contributed by atoms with Crippen molar-refractivity contribution in [1.29, 1.82) is 0 Å². The second-order valence-electron chi connectivity index (χ2n) is 17.8. The van der Waals surface area contributed by atoms with Gasteiger partial charge in [-0.05, 0) is 56.0 Å². The molecule has 2 aromatic heterocycles. The first kappa shape index (κ1) is 44.7. The first-order valence-corrected chi connectivity index (χ1v) is 22.8. The Morgan fingerprint density at radius 1 is 0.806 bits per heavy atom. The normalized spacial score (nSPS) is 15.9. The number of nitrogens with two attached hydrogens (primary N) is 1. The predicted molar refractivity (Wildman–Crippen MR) is 251 cm³/mol. The highest BCUT2D eigenvalue weighted by atomic mass is 16.5. The van der Waals surface area contributed by atoms with Gasteiger partial charge in [0.2, 0.25) is 5.91 Å². The lowest BCUT2D eigenvalue weighted by Gasteiger charge is -2.30. The number of aromatic nitrogens is 4. The van der Waals surface area contributed by atoms with Gasteiger partial charge >= 0.3 is 12.1 Å². The highest BCUT2D eigenvalue weighted by Crippen LogP contribution is 2.51. The summed E-state index contributed by atoms with van der Waals surface area (Å²) >= 11 is 0. The van der Waals surface area contributed by atoms with E-state index in [0.717, 1.165) is 81.1 Å². The summed E-state index contributed by atoms with van der Waals surface area (Å²) in [5.74, 6) is 2.47. The van der Waals surface area contributed by atoms with Crippen LogP contribution in [0.3, 0.4) is 0 Å². The Hall–Kier alpha value is -7.46. The molecule has 346 valence electrons. The van der Waals surface area contributed by atoms with E-state index in [2.05, 4.69) is 27.4 Å². The van der Waals surface area contributed by atoms with Crippen molar-refractivity contribution in [3.8, 4) is 45.1 Å². The Bertz CT molecular complexity index is 2750. The highest BCUT2D eigenvalue weighted by Gasteiger charge is 2.39. The van der Waals surface area contributed by atoms with E-state index in [1.807, 2.05) is 91.5 Å². The lowest BCUT2D eigenvalue weighted by atomic mass is 9.87. The molecule has 67 heavy (non-hydrogen) atoms. The molecule has 1 saturated heterocycles. The molecule has 0 saturated carbocycles. The van der Waals surface area contributed by atoms with Crippen molar-refractivity contribution in [3.05, 3.63) is 131 Å². The van der Waals surface area contributed by atoms with Gasteiger partial charge in [-0.2, -0.15) is 0 Å². The fourth-order valence-corrected chi connectivity index (χ4v) is 9.33. The minimum atomic E-state index is -0.842. The van der Waals surface area contributed by atoms with E-state index < -0.39 is 18.1 Å². The van der Waals surface area contributed by atoms with E-state index in [1.54, 1.807) is 45.5 Å². The monoisotopic (exact) mass is 905 g/mol. The second-order valence-corrected chi connectivity index (χ2v) is 17.8. The molecule has 16 heteroatoms. The van der Waals surface area contributed by atoms with E-state index >= 15 is 0 Å². The van der Waals surface area contributed by atoms with Crippen molar-refractivity contribution < 1.29 is 34.0 Å². The Labute approximate surface area is 389 Å². The van der Waals surface area contributed by atoms with Crippen LogP contribution in [0.15, 0.2) is 97.3 Å². The number of nitrogens with one attached hydrogen (secondary N) is 3. The molecule has 4 atom stereocenters. The summed E-state index contributed by atoms with van der Waals surface area (Å²) < 4.78 is 13.0. The van der Waals surface area contributed by atoms with E-state index in [-0.39, 0.29) is 29.9 Å². The molecule has 6 amide bonds. The molecular formula is C51H57N10O6+.